The Balaban J connectivity index is 0.000000230. The Bertz CT molecular complexity index is 3650. The Kier molecular flexibility index (Phi) is 20.1. The van der Waals surface area contributed by atoms with Crippen molar-refractivity contribution < 1.29 is 53.9 Å². The summed E-state index contributed by atoms with van der Waals surface area (Å²) >= 11 is 12.4. The summed E-state index contributed by atoms with van der Waals surface area (Å²) < 4.78 is 105. The van der Waals surface area contributed by atoms with Crippen molar-refractivity contribution in [3.05, 3.63) is 188 Å². The predicted octanol–water partition coefficient (Wildman–Crippen LogP) is 8.32. The number of benzene rings is 4. The van der Waals surface area contributed by atoms with Crippen molar-refractivity contribution in [1.29, 1.82) is 10.5 Å². The Morgan fingerprint density at radius 1 is 0.597 bits per heavy atom. The van der Waals surface area contributed by atoms with Crippen LogP contribution in [-0.4, -0.2) is 87.8 Å². The third kappa shape index (κ3) is 16.6. The summed E-state index contributed by atoms with van der Waals surface area (Å²) in [4.78, 5) is 0. The van der Waals surface area contributed by atoms with Gasteiger partial charge < -0.3 is 24.1 Å². The second-order valence-electron chi connectivity index (χ2n) is 16.5. The Morgan fingerprint density at radius 2 is 1.00 bits per heavy atom. The SMILES string of the molecule is COc1ccc(COCc2cc(F)ccc2-n2nc(Cl)cc2C(O)c2cc(C#N)nn2C)cc1.COc1ccc(COCc2cc(F)ccc2-n2nc(Cl)cc2C(OS(C)(=O)=O)c2cc(C#N)nn2C)cc1.CS(=O)(=O)Cl. The van der Waals surface area contributed by atoms with Gasteiger partial charge in [0.2, 0.25) is 9.05 Å². The molecule has 0 radical (unpaired) electrons. The van der Waals surface area contributed by atoms with Gasteiger partial charge in [0, 0.05) is 60.2 Å². The molecule has 2 atom stereocenters. The van der Waals surface area contributed by atoms with Crippen LogP contribution in [-0.2, 0) is 73.3 Å². The van der Waals surface area contributed by atoms with Gasteiger partial charge in [-0.2, -0.15) is 39.3 Å². The Hall–Kier alpha value is -7.23. The predicted molar refractivity (Wildman–Crippen MR) is 278 cm³/mol. The van der Waals surface area contributed by atoms with Gasteiger partial charge in [-0.1, -0.05) is 47.5 Å². The van der Waals surface area contributed by atoms with Crippen LogP contribution in [0, 0.1) is 34.3 Å². The molecule has 0 aliphatic heterocycles. The normalized spacial score (nSPS) is 12.1. The van der Waals surface area contributed by atoms with Crippen molar-refractivity contribution in [2.75, 3.05) is 26.7 Å². The lowest BCUT2D eigenvalue weighted by atomic mass is 10.1. The number of methoxy groups -OCH3 is 2. The molecule has 4 heterocycles. The highest BCUT2D eigenvalue weighted by Crippen LogP contribution is 2.34. The monoisotopic (exact) mass is 1150 g/mol. The lowest BCUT2D eigenvalue weighted by Gasteiger charge is -2.19. The number of aryl methyl sites for hydroxylation is 2. The van der Waals surface area contributed by atoms with Gasteiger partial charge in [-0.15, -0.1) is 0 Å². The number of aliphatic hydroxyl groups excluding tert-OH is 1. The van der Waals surface area contributed by atoms with Crippen molar-refractivity contribution in [3.8, 4) is 35.0 Å². The molecular formula is C50H47Cl3F2N10O10S2. The van der Waals surface area contributed by atoms with E-state index >= 15 is 0 Å². The molecule has 8 rings (SSSR count). The van der Waals surface area contributed by atoms with E-state index in [0.717, 1.165) is 29.4 Å². The van der Waals surface area contributed by atoms with Crippen LogP contribution in [0.4, 0.5) is 8.78 Å². The first-order valence-electron chi connectivity index (χ1n) is 22.3. The number of nitrogens with zero attached hydrogens (tertiary/aromatic N) is 10. The van der Waals surface area contributed by atoms with Gasteiger partial charge in [-0.3, -0.25) is 13.5 Å². The summed E-state index contributed by atoms with van der Waals surface area (Å²) in [5, 5.41) is 46.3. The molecule has 0 spiro atoms. The molecule has 1 N–H and O–H groups in total. The molecule has 0 saturated carbocycles. The van der Waals surface area contributed by atoms with E-state index < -0.39 is 43.0 Å². The van der Waals surface area contributed by atoms with Gasteiger partial charge in [0.25, 0.3) is 10.1 Å². The molecule has 0 saturated heterocycles. The fourth-order valence-corrected chi connectivity index (χ4v) is 8.32. The van der Waals surface area contributed by atoms with E-state index in [4.69, 9.17) is 51.6 Å². The minimum atomic E-state index is -3.99. The number of aliphatic hydroxyl groups is 1. The summed E-state index contributed by atoms with van der Waals surface area (Å²) in [6, 6.07) is 32.7. The minimum absolute atomic E-state index is 0.0118. The van der Waals surface area contributed by atoms with E-state index in [-0.39, 0.29) is 52.9 Å². The molecule has 0 aliphatic carbocycles. The topological polar surface area (TPSA) is 254 Å². The van der Waals surface area contributed by atoms with Gasteiger partial charge in [0.1, 0.15) is 41.4 Å². The van der Waals surface area contributed by atoms with E-state index in [1.807, 2.05) is 60.7 Å². The van der Waals surface area contributed by atoms with Crippen molar-refractivity contribution in [2.45, 2.75) is 38.6 Å². The molecule has 0 bridgehead atoms. The molecule has 0 aliphatic rings. The molecule has 8 aromatic rings. The third-order valence-electron chi connectivity index (χ3n) is 10.8. The van der Waals surface area contributed by atoms with E-state index in [1.165, 1.54) is 73.3 Å². The van der Waals surface area contributed by atoms with Gasteiger partial charge >= 0.3 is 0 Å². The molecule has 4 aromatic heterocycles. The van der Waals surface area contributed by atoms with Gasteiger partial charge in [0.05, 0.1) is 87.3 Å². The van der Waals surface area contributed by atoms with E-state index in [9.17, 15) is 36.0 Å². The molecule has 20 nitrogen and oxygen atoms in total. The van der Waals surface area contributed by atoms with Crippen LogP contribution in [0.1, 0.15) is 68.6 Å². The maximum atomic E-state index is 14.3. The molecule has 0 fully saturated rings. The fraction of sp³-hybridized carbons (Fsp3) is 0.240. The van der Waals surface area contributed by atoms with Crippen molar-refractivity contribution >= 4 is 53.1 Å². The highest BCUT2D eigenvalue weighted by molar-refractivity contribution is 8.13. The Morgan fingerprint density at radius 3 is 1.40 bits per heavy atom. The lowest BCUT2D eigenvalue weighted by Crippen LogP contribution is -2.19. The van der Waals surface area contributed by atoms with Gasteiger partial charge in [0.15, 0.2) is 27.8 Å². The number of hydrogen-bond acceptors (Lipinski definition) is 16. The molecule has 27 heteroatoms. The molecule has 4 aromatic carbocycles. The molecule has 404 valence electrons. The maximum absolute atomic E-state index is 14.3. The fourth-order valence-electron chi connectivity index (χ4n) is 7.40. The maximum Gasteiger partial charge on any atom is 0.265 e. The van der Waals surface area contributed by atoms with Crippen molar-refractivity contribution in [1.82, 2.24) is 39.1 Å². The summed E-state index contributed by atoms with van der Waals surface area (Å²) in [6.07, 6.45) is -0.616. The first-order chi connectivity index (χ1) is 36.5. The summed E-state index contributed by atoms with van der Waals surface area (Å²) in [6.45, 7) is 0.661. The Labute approximate surface area is 456 Å². The summed E-state index contributed by atoms with van der Waals surface area (Å²) in [5.41, 5.74) is 5.10. The van der Waals surface area contributed by atoms with Gasteiger partial charge in [-0.05, 0) is 71.8 Å². The number of nitriles is 2. The zero-order valence-electron chi connectivity index (χ0n) is 41.7. The first-order valence-corrected chi connectivity index (χ1v) is 27.6. The van der Waals surface area contributed by atoms with Crippen LogP contribution < -0.4 is 9.47 Å². The largest absolute Gasteiger partial charge is 0.497 e. The smallest absolute Gasteiger partial charge is 0.265 e. The zero-order chi connectivity index (χ0) is 56.2. The molecule has 0 amide bonds. The minimum Gasteiger partial charge on any atom is -0.497 e. The van der Waals surface area contributed by atoms with Crippen LogP contribution >= 0.6 is 33.9 Å². The highest BCUT2D eigenvalue weighted by atomic mass is 35.7. The molecule has 2 unspecified atom stereocenters. The lowest BCUT2D eigenvalue weighted by molar-refractivity contribution is 0.106. The van der Waals surface area contributed by atoms with E-state index in [2.05, 4.69) is 31.1 Å². The number of ether oxygens (including phenoxy) is 4. The first kappa shape index (κ1) is 59.0. The van der Waals surface area contributed by atoms with Crippen LogP contribution in [0.2, 0.25) is 10.3 Å². The second-order valence-corrected chi connectivity index (χ2v) is 21.9. The molecule has 77 heavy (non-hydrogen) atoms. The molecular weight excluding hydrogens is 1110 g/mol. The van der Waals surface area contributed by atoms with Crippen LogP contribution in [0.25, 0.3) is 11.4 Å². The number of rotatable bonds is 18. The standard InChI is InChI=1S/C25H23ClFN5O5S.C24H21ClFN5O3.CH3ClO2S/c1-31-22(11-19(13-28)29-31)25(37-38(3,33)34)23-12-24(26)30-32(23)21-9-6-18(27)10-17(21)15-36-14-16-4-7-20(35-2)8-5-16;1-30-21(10-18(12-27)28-30)24(32)22-11-23(25)29-31(22)20-8-5-17(26)9-16(20)14-34-13-15-3-6-19(33-2)7-4-15;1-5(2,3)4/h4-12,25H,14-15H2,1-3H3;3-11,24,32H,13-14H2,1-2H3;1H3. The second kappa shape index (κ2) is 26.2. The van der Waals surface area contributed by atoms with Crippen molar-refractivity contribution in [2.24, 2.45) is 14.1 Å². The van der Waals surface area contributed by atoms with Crippen LogP contribution in [0.3, 0.4) is 0 Å². The number of halogens is 5. The van der Waals surface area contributed by atoms with Crippen LogP contribution in [0.15, 0.2) is 109 Å². The number of hydrogen-bond donors (Lipinski definition) is 1. The van der Waals surface area contributed by atoms with Gasteiger partial charge in [-0.25, -0.2) is 26.6 Å². The van der Waals surface area contributed by atoms with Crippen LogP contribution in [0.5, 0.6) is 11.5 Å². The number of aromatic nitrogens is 8. The van der Waals surface area contributed by atoms with E-state index in [1.54, 1.807) is 34.4 Å². The summed E-state index contributed by atoms with van der Waals surface area (Å²) in [5.74, 6) is 0.529. The van der Waals surface area contributed by atoms with Crippen molar-refractivity contribution in [3.63, 3.8) is 0 Å². The zero-order valence-corrected chi connectivity index (χ0v) is 45.6. The quantitative estimate of drug-likeness (QED) is 0.0626. The highest BCUT2D eigenvalue weighted by Gasteiger charge is 2.30. The third-order valence-corrected chi connectivity index (χ3v) is 11.7. The van der Waals surface area contributed by atoms with E-state index in [0.29, 0.717) is 46.2 Å². The summed E-state index contributed by atoms with van der Waals surface area (Å²) in [7, 11) is 3.66. The average Bonchev–Trinajstić information content (AvgIpc) is 4.19. The average molecular weight is 1160 g/mol.